The molecule has 0 aliphatic rings. The Hall–Kier alpha value is -0.860. The van der Waals surface area contributed by atoms with Crippen molar-refractivity contribution in [2.24, 2.45) is 0 Å². The SMILES string of the molecule is Fc1[c]c(F)[nH]c1. The van der Waals surface area contributed by atoms with Crippen LogP contribution in [0.25, 0.3) is 0 Å². The summed E-state index contributed by atoms with van der Waals surface area (Å²) in [6.45, 7) is 0. The summed E-state index contributed by atoms with van der Waals surface area (Å²) in [5.74, 6) is -1.46. The summed E-state index contributed by atoms with van der Waals surface area (Å²) in [4.78, 5) is 1.97. The Kier molecular flexibility index (Phi) is 0.817. The number of nitrogens with one attached hydrogen (secondary N) is 1. The van der Waals surface area contributed by atoms with Gasteiger partial charge in [0.2, 0.25) is 5.95 Å². The molecule has 0 bridgehead atoms. The molecule has 1 aromatic heterocycles. The quantitative estimate of drug-likeness (QED) is 0.504. The second-order valence-corrected chi connectivity index (χ2v) is 1.08. The minimum Gasteiger partial charge on any atom is -0.335 e. The fourth-order valence-corrected chi connectivity index (χ4v) is 0.304. The first-order valence-corrected chi connectivity index (χ1v) is 1.71. The smallest absolute Gasteiger partial charge is 0.202 e. The summed E-state index contributed by atoms with van der Waals surface area (Å²) in [5, 5.41) is 0. The molecular formula is C4H2F2N. The van der Waals surface area contributed by atoms with Crippen LogP contribution in [0, 0.1) is 17.8 Å². The van der Waals surface area contributed by atoms with Gasteiger partial charge in [0.15, 0.2) is 5.82 Å². The van der Waals surface area contributed by atoms with Crippen LogP contribution in [-0.4, -0.2) is 4.98 Å². The average molecular weight is 102 g/mol. The van der Waals surface area contributed by atoms with Gasteiger partial charge in [-0.2, -0.15) is 4.39 Å². The van der Waals surface area contributed by atoms with Gasteiger partial charge in [0, 0.05) is 6.20 Å². The fraction of sp³-hybridized carbons (Fsp3) is 0. The number of halogens is 2. The molecule has 1 rings (SSSR count). The molecule has 7 heavy (non-hydrogen) atoms. The highest BCUT2D eigenvalue weighted by atomic mass is 19.1. The molecule has 0 saturated heterocycles. The van der Waals surface area contributed by atoms with Crippen LogP contribution in [0.4, 0.5) is 8.78 Å². The van der Waals surface area contributed by atoms with Gasteiger partial charge in [0.25, 0.3) is 0 Å². The zero-order valence-electron chi connectivity index (χ0n) is 3.33. The number of aromatic nitrogens is 1. The van der Waals surface area contributed by atoms with Crippen molar-refractivity contribution < 1.29 is 8.78 Å². The second-order valence-electron chi connectivity index (χ2n) is 1.08. The van der Waals surface area contributed by atoms with E-state index < -0.39 is 11.8 Å². The van der Waals surface area contributed by atoms with Crippen molar-refractivity contribution in [1.29, 1.82) is 0 Å². The first-order valence-electron chi connectivity index (χ1n) is 1.71. The molecule has 0 saturated carbocycles. The van der Waals surface area contributed by atoms with E-state index in [2.05, 4.69) is 0 Å². The molecule has 0 unspecified atom stereocenters. The van der Waals surface area contributed by atoms with Crippen molar-refractivity contribution in [2.45, 2.75) is 0 Å². The summed E-state index contributed by atoms with van der Waals surface area (Å²) in [6.07, 6.45) is 0.898. The molecule has 0 aliphatic heterocycles. The van der Waals surface area contributed by atoms with Crippen LogP contribution >= 0.6 is 0 Å². The molecule has 0 fully saturated rings. The number of hydrogen-bond donors (Lipinski definition) is 1. The highest BCUT2D eigenvalue weighted by Gasteiger charge is 1.92. The molecule has 1 nitrogen and oxygen atoms in total. The van der Waals surface area contributed by atoms with Crippen LogP contribution in [0.3, 0.4) is 0 Å². The summed E-state index contributed by atoms with van der Waals surface area (Å²) in [6, 6.07) is 1.75. The molecule has 3 heteroatoms. The van der Waals surface area contributed by atoms with Gasteiger partial charge in [0.05, 0.1) is 6.07 Å². The molecule has 0 aromatic carbocycles. The van der Waals surface area contributed by atoms with E-state index in [1.807, 2.05) is 4.98 Å². The Bertz CT molecular complexity index is 142. The summed E-state index contributed by atoms with van der Waals surface area (Å²) in [5.41, 5.74) is 0. The predicted octanol–water partition coefficient (Wildman–Crippen LogP) is 1.09. The number of hydrogen-bond acceptors (Lipinski definition) is 0. The fourth-order valence-electron chi connectivity index (χ4n) is 0.304. The minimum atomic E-state index is -0.766. The van der Waals surface area contributed by atoms with Gasteiger partial charge < -0.3 is 4.98 Å². The van der Waals surface area contributed by atoms with Crippen molar-refractivity contribution in [2.75, 3.05) is 0 Å². The maximum atomic E-state index is 11.6. The number of H-pyrrole nitrogens is 1. The second kappa shape index (κ2) is 1.33. The first kappa shape index (κ1) is 4.30. The van der Waals surface area contributed by atoms with E-state index in [1.54, 1.807) is 6.07 Å². The zero-order chi connectivity index (χ0) is 5.28. The Labute approximate surface area is 39.0 Å². The lowest BCUT2D eigenvalue weighted by Gasteiger charge is -1.63. The van der Waals surface area contributed by atoms with Crippen LogP contribution in [0.15, 0.2) is 6.20 Å². The van der Waals surface area contributed by atoms with Crippen LogP contribution in [-0.2, 0) is 0 Å². The third kappa shape index (κ3) is 0.765. The zero-order valence-corrected chi connectivity index (χ0v) is 3.33. The molecule has 1 N–H and O–H groups in total. The summed E-state index contributed by atoms with van der Waals surface area (Å²) in [7, 11) is 0. The van der Waals surface area contributed by atoms with Crippen LogP contribution in [0.2, 0.25) is 0 Å². The lowest BCUT2D eigenvalue weighted by molar-refractivity contribution is 0.582. The van der Waals surface area contributed by atoms with Gasteiger partial charge >= 0.3 is 0 Å². The third-order valence-corrected chi connectivity index (χ3v) is 0.555. The van der Waals surface area contributed by atoms with E-state index in [1.165, 1.54) is 0 Å². The normalized spacial score (nSPS) is 9.43. The van der Waals surface area contributed by atoms with Crippen molar-refractivity contribution >= 4 is 0 Å². The first-order chi connectivity index (χ1) is 3.29. The van der Waals surface area contributed by atoms with Gasteiger partial charge in [-0.1, -0.05) is 0 Å². The number of aromatic amines is 1. The highest BCUT2D eigenvalue weighted by Crippen LogP contribution is 1.94. The molecule has 1 aromatic rings. The van der Waals surface area contributed by atoms with Crippen molar-refractivity contribution in [3.8, 4) is 0 Å². The maximum Gasteiger partial charge on any atom is 0.202 e. The van der Waals surface area contributed by atoms with E-state index in [4.69, 9.17) is 0 Å². The molecule has 37 valence electrons. The van der Waals surface area contributed by atoms with Crippen LogP contribution in [0.1, 0.15) is 0 Å². The van der Waals surface area contributed by atoms with Crippen molar-refractivity contribution in [3.05, 3.63) is 24.0 Å². The van der Waals surface area contributed by atoms with Crippen LogP contribution < -0.4 is 0 Å². The summed E-state index contributed by atoms with van der Waals surface area (Å²) < 4.78 is 23.2. The largest absolute Gasteiger partial charge is 0.335 e. The number of rotatable bonds is 0. The molecule has 0 amide bonds. The maximum absolute atomic E-state index is 11.6. The average Bonchev–Trinajstić information content (AvgIpc) is 1.87. The Balaban J connectivity index is 3.04. The summed E-state index contributed by atoms with van der Waals surface area (Å²) >= 11 is 0. The topological polar surface area (TPSA) is 15.8 Å². The highest BCUT2D eigenvalue weighted by molar-refractivity contribution is 4.90. The van der Waals surface area contributed by atoms with Gasteiger partial charge in [-0.25, -0.2) is 4.39 Å². The van der Waals surface area contributed by atoms with Gasteiger partial charge in [-0.3, -0.25) is 0 Å². The van der Waals surface area contributed by atoms with E-state index >= 15 is 0 Å². The Morgan fingerprint density at radius 1 is 1.57 bits per heavy atom. The molecular weight excluding hydrogens is 100 g/mol. The lowest BCUT2D eigenvalue weighted by Crippen LogP contribution is -1.62. The molecule has 1 radical (unpaired) electrons. The lowest BCUT2D eigenvalue weighted by atomic mass is 10.6. The van der Waals surface area contributed by atoms with Gasteiger partial charge in [-0.05, 0) is 0 Å². The van der Waals surface area contributed by atoms with E-state index in [0.717, 1.165) is 6.20 Å². The van der Waals surface area contributed by atoms with E-state index in [-0.39, 0.29) is 0 Å². The van der Waals surface area contributed by atoms with Crippen LogP contribution in [0.5, 0.6) is 0 Å². The minimum absolute atomic E-state index is 0.697. The Morgan fingerprint density at radius 3 is 2.43 bits per heavy atom. The predicted molar refractivity (Wildman–Crippen MR) is 19.5 cm³/mol. The molecule has 0 aliphatic carbocycles. The van der Waals surface area contributed by atoms with Gasteiger partial charge in [0.1, 0.15) is 0 Å². The van der Waals surface area contributed by atoms with E-state index in [9.17, 15) is 8.78 Å². The monoisotopic (exact) mass is 102 g/mol. The molecule has 0 spiro atoms. The molecule has 1 heterocycles. The van der Waals surface area contributed by atoms with Crippen molar-refractivity contribution in [1.82, 2.24) is 4.98 Å². The molecule has 0 atom stereocenters. The van der Waals surface area contributed by atoms with Gasteiger partial charge in [-0.15, -0.1) is 0 Å². The Morgan fingerprint density at radius 2 is 2.29 bits per heavy atom. The third-order valence-electron chi connectivity index (χ3n) is 0.555. The standard InChI is InChI=1S/C4H2F2N/c5-3-1-4(6)7-2-3/h2,7H. The van der Waals surface area contributed by atoms with Crippen molar-refractivity contribution in [3.63, 3.8) is 0 Å². The van der Waals surface area contributed by atoms with E-state index in [0.29, 0.717) is 0 Å².